The molecular formula is C22H26N2O5S. The van der Waals surface area contributed by atoms with Crippen molar-refractivity contribution in [3.63, 3.8) is 0 Å². The molecule has 1 fully saturated rings. The zero-order chi connectivity index (χ0) is 21.9. The highest BCUT2D eigenvalue weighted by Crippen LogP contribution is 2.25. The van der Waals surface area contributed by atoms with E-state index in [1.165, 1.54) is 10.4 Å². The van der Waals surface area contributed by atoms with Crippen molar-refractivity contribution in [2.75, 3.05) is 25.0 Å². The van der Waals surface area contributed by atoms with Gasteiger partial charge >= 0.3 is 5.97 Å². The molecule has 1 aliphatic heterocycles. The maximum atomic E-state index is 13.0. The van der Waals surface area contributed by atoms with Crippen LogP contribution in [0.25, 0.3) is 0 Å². The van der Waals surface area contributed by atoms with Crippen molar-refractivity contribution in [2.24, 2.45) is 0 Å². The third kappa shape index (κ3) is 4.55. The molecule has 1 heterocycles. The molecule has 0 atom stereocenters. The van der Waals surface area contributed by atoms with Crippen molar-refractivity contribution in [3.8, 4) is 0 Å². The molecule has 30 heavy (non-hydrogen) atoms. The van der Waals surface area contributed by atoms with Gasteiger partial charge in [-0.05, 0) is 69.0 Å². The van der Waals surface area contributed by atoms with Gasteiger partial charge in [0.15, 0.2) is 0 Å². The number of carbonyl (C=O) groups is 2. The summed E-state index contributed by atoms with van der Waals surface area (Å²) in [5.41, 5.74) is 2.40. The van der Waals surface area contributed by atoms with E-state index in [2.05, 4.69) is 5.32 Å². The highest BCUT2D eigenvalue weighted by Gasteiger charge is 2.29. The van der Waals surface area contributed by atoms with Crippen molar-refractivity contribution in [2.45, 2.75) is 38.5 Å². The lowest BCUT2D eigenvalue weighted by atomic mass is 10.1. The van der Waals surface area contributed by atoms with E-state index < -0.39 is 21.9 Å². The highest BCUT2D eigenvalue weighted by molar-refractivity contribution is 7.89. The van der Waals surface area contributed by atoms with Crippen molar-refractivity contribution in [1.82, 2.24) is 4.31 Å². The summed E-state index contributed by atoms with van der Waals surface area (Å²) in [5.74, 6) is -0.917. The predicted octanol–water partition coefficient (Wildman–Crippen LogP) is 3.52. The lowest BCUT2D eigenvalue weighted by Gasteiger charge is -2.18. The van der Waals surface area contributed by atoms with Gasteiger partial charge in [0.2, 0.25) is 10.0 Å². The molecule has 2 aromatic carbocycles. The minimum atomic E-state index is -3.64. The van der Waals surface area contributed by atoms with Gasteiger partial charge in [0.25, 0.3) is 5.91 Å². The number of rotatable bonds is 6. The summed E-state index contributed by atoms with van der Waals surface area (Å²) in [6.45, 7) is 6.50. The summed E-state index contributed by atoms with van der Waals surface area (Å²) in [6, 6.07) is 9.57. The van der Waals surface area contributed by atoms with E-state index in [-0.39, 0.29) is 17.1 Å². The first-order valence-corrected chi connectivity index (χ1v) is 11.4. The van der Waals surface area contributed by atoms with E-state index in [9.17, 15) is 18.0 Å². The zero-order valence-corrected chi connectivity index (χ0v) is 18.2. The maximum Gasteiger partial charge on any atom is 0.338 e. The lowest BCUT2D eigenvalue weighted by molar-refractivity contribution is 0.0526. The number of benzene rings is 2. The number of nitrogens with one attached hydrogen (secondary N) is 1. The molecule has 0 spiro atoms. The molecule has 1 saturated heterocycles. The topological polar surface area (TPSA) is 92.8 Å². The summed E-state index contributed by atoms with van der Waals surface area (Å²) >= 11 is 0. The van der Waals surface area contributed by atoms with E-state index in [0.29, 0.717) is 29.9 Å². The maximum absolute atomic E-state index is 13.0. The number of sulfonamides is 1. The Kier molecular flexibility index (Phi) is 6.58. The summed E-state index contributed by atoms with van der Waals surface area (Å²) in [7, 11) is -3.64. The van der Waals surface area contributed by atoms with Crippen molar-refractivity contribution in [3.05, 3.63) is 58.7 Å². The monoisotopic (exact) mass is 430 g/mol. The normalized spacial score (nSPS) is 14.5. The summed E-state index contributed by atoms with van der Waals surface area (Å²) in [5, 5.41) is 2.78. The smallest absolute Gasteiger partial charge is 0.338 e. The Hall–Kier alpha value is -2.71. The fourth-order valence-corrected chi connectivity index (χ4v) is 5.15. The number of anilines is 1. The second-order valence-electron chi connectivity index (χ2n) is 7.30. The van der Waals surface area contributed by atoms with Gasteiger partial charge in [0.05, 0.1) is 17.1 Å². The highest BCUT2D eigenvalue weighted by atomic mass is 32.2. The number of hydrogen-bond donors (Lipinski definition) is 1. The molecule has 0 unspecified atom stereocenters. The summed E-state index contributed by atoms with van der Waals surface area (Å²) in [4.78, 5) is 25.0. The molecule has 1 aliphatic rings. The molecule has 0 bridgehead atoms. The summed E-state index contributed by atoms with van der Waals surface area (Å²) in [6.07, 6.45) is 1.68. The fraction of sp³-hybridized carbons (Fsp3) is 0.364. The number of ether oxygens (including phenoxy) is 1. The molecular weight excluding hydrogens is 404 g/mol. The third-order valence-electron chi connectivity index (χ3n) is 5.13. The number of hydrogen-bond acceptors (Lipinski definition) is 5. The van der Waals surface area contributed by atoms with Crippen LogP contribution in [0.5, 0.6) is 0 Å². The second kappa shape index (κ2) is 8.97. The quantitative estimate of drug-likeness (QED) is 0.708. The molecule has 8 heteroatoms. The Morgan fingerprint density at radius 3 is 2.30 bits per heavy atom. The average Bonchev–Trinajstić information content (AvgIpc) is 3.25. The standard InChI is InChI=1S/C22H26N2O5S/c1-4-29-22(26)18-10-7-15(2)19(13-18)23-21(25)17-9-8-16(3)20(14-17)30(27,28)24-11-5-6-12-24/h7-10,13-14H,4-6,11-12H2,1-3H3,(H,23,25). The van der Waals surface area contributed by atoms with Crippen LogP contribution < -0.4 is 5.32 Å². The van der Waals surface area contributed by atoms with E-state index in [1.54, 1.807) is 44.2 Å². The van der Waals surface area contributed by atoms with Gasteiger partial charge in [-0.3, -0.25) is 4.79 Å². The Morgan fingerprint density at radius 2 is 1.63 bits per heavy atom. The number of esters is 1. The minimum absolute atomic E-state index is 0.147. The molecule has 3 rings (SSSR count). The van der Waals surface area contributed by atoms with Crippen LogP contribution in [0.3, 0.4) is 0 Å². The Balaban J connectivity index is 1.88. The molecule has 160 valence electrons. The molecule has 1 N–H and O–H groups in total. The van der Waals surface area contributed by atoms with E-state index in [4.69, 9.17) is 4.74 Å². The minimum Gasteiger partial charge on any atom is -0.462 e. The van der Waals surface area contributed by atoms with Gasteiger partial charge in [-0.1, -0.05) is 12.1 Å². The molecule has 0 saturated carbocycles. The van der Waals surface area contributed by atoms with Gasteiger partial charge in [-0.2, -0.15) is 4.31 Å². The molecule has 1 amide bonds. The fourth-order valence-electron chi connectivity index (χ4n) is 3.38. The van der Waals surface area contributed by atoms with E-state index >= 15 is 0 Å². The number of nitrogens with zero attached hydrogens (tertiary/aromatic N) is 1. The van der Waals surface area contributed by atoms with E-state index in [0.717, 1.165) is 18.4 Å². The van der Waals surface area contributed by atoms with Crippen LogP contribution in [0.1, 0.15) is 51.6 Å². The van der Waals surface area contributed by atoms with Gasteiger partial charge in [-0.15, -0.1) is 0 Å². The number of amides is 1. The van der Waals surface area contributed by atoms with Crippen molar-refractivity contribution in [1.29, 1.82) is 0 Å². The molecule has 0 aromatic heterocycles. The van der Waals surface area contributed by atoms with Crippen LogP contribution in [-0.4, -0.2) is 44.3 Å². The zero-order valence-electron chi connectivity index (χ0n) is 17.4. The Morgan fingerprint density at radius 1 is 1.00 bits per heavy atom. The van der Waals surface area contributed by atoms with Gasteiger partial charge < -0.3 is 10.1 Å². The van der Waals surface area contributed by atoms with Crippen LogP contribution in [0.2, 0.25) is 0 Å². The lowest BCUT2D eigenvalue weighted by Crippen LogP contribution is -2.28. The predicted molar refractivity (Wildman–Crippen MR) is 114 cm³/mol. The SMILES string of the molecule is CCOC(=O)c1ccc(C)c(NC(=O)c2ccc(C)c(S(=O)(=O)N3CCCC3)c2)c1. The van der Waals surface area contributed by atoms with Gasteiger partial charge in [-0.25, -0.2) is 13.2 Å². The first-order valence-electron chi connectivity index (χ1n) is 9.94. The van der Waals surface area contributed by atoms with Gasteiger partial charge in [0.1, 0.15) is 0 Å². The third-order valence-corrected chi connectivity index (χ3v) is 7.17. The average molecular weight is 431 g/mol. The molecule has 0 radical (unpaired) electrons. The van der Waals surface area contributed by atoms with Crippen LogP contribution in [0.4, 0.5) is 5.69 Å². The summed E-state index contributed by atoms with van der Waals surface area (Å²) < 4.78 is 32.4. The van der Waals surface area contributed by atoms with Crippen LogP contribution in [-0.2, 0) is 14.8 Å². The molecule has 2 aromatic rings. The van der Waals surface area contributed by atoms with Crippen LogP contribution >= 0.6 is 0 Å². The molecule has 0 aliphatic carbocycles. The van der Waals surface area contributed by atoms with Crippen LogP contribution in [0.15, 0.2) is 41.3 Å². The first kappa shape index (κ1) is 22.0. The molecule has 7 nitrogen and oxygen atoms in total. The van der Waals surface area contributed by atoms with Crippen molar-refractivity contribution < 1.29 is 22.7 Å². The Bertz CT molecular complexity index is 1070. The first-order chi connectivity index (χ1) is 14.2. The van der Waals surface area contributed by atoms with Crippen molar-refractivity contribution >= 4 is 27.6 Å². The number of carbonyl (C=O) groups excluding carboxylic acids is 2. The van der Waals surface area contributed by atoms with E-state index in [1.807, 2.05) is 6.92 Å². The van der Waals surface area contributed by atoms with Crippen LogP contribution in [0, 0.1) is 13.8 Å². The van der Waals surface area contributed by atoms with Gasteiger partial charge in [0, 0.05) is 24.3 Å². The largest absolute Gasteiger partial charge is 0.462 e. The second-order valence-corrected chi connectivity index (χ2v) is 9.20. The Labute approximate surface area is 177 Å². The number of aryl methyl sites for hydroxylation is 2.